The summed E-state index contributed by atoms with van der Waals surface area (Å²) < 4.78 is 14.7. The van der Waals surface area contributed by atoms with Crippen LogP contribution in [0, 0.1) is 0 Å². The Morgan fingerprint density at radius 1 is 1.57 bits per heavy atom. The van der Waals surface area contributed by atoms with Gasteiger partial charge in [0.15, 0.2) is 0 Å². The third-order valence-corrected chi connectivity index (χ3v) is 2.36. The van der Waals surface area contributed by atoms with Crippen molar-refractivity contribution in [3.63, 3.8) is 0 Å². The fourth-order valence-corrected chi connectivity index (χ4v) is 1.56. The van der Waals surface area contributed by atoms with E-state index in [2.05, 4.69) is 10.1 Å². The van der Waals surface area contributed by atoms with Crippen molar-refractivity contribution in [2.75, 3.05) is 13.1 Å². The SMILES string of the molecule is Cn1ncnc1CN1CCC=C(F)C1. The molecule has 0 bridgehead atoms. The minimum atomic E-state index is -0.0431. The van der Waals surface area contributed by atoms with Crippen LogP contribution in [0.25, 0.3) is 0 Å². The highest BCUT2D eigenvalue weighted by atomic mass is 19.1. The van der Waals surface area contributed by atoms with Crippen LogP contribution in [0.3, 0.4) is 0 Å². The Morgan fingerprint density at radius 2 is 2.43 bits per heavy atom. The summed E-state index contributed by atoms with van der Waals surface area (Å²) >= 11 is 0. The minimum absolute atomic E-state index is 0.0431. The molecule has 0 aromatic carbocycles. The molecule has 2 rings (SSSR count). The van der Waals surface area contributed by atoms with Gasteiger partial charge in [0, 0.05) is 13.6 Å². The zero-order valence-electron chi connectivity index (χ0n) is 8.15. The first kappa shape index (κ1) is 9.33. The maximum absolute atomic E-state index is 12.9. The van der Waals surface area contributed by atoms with Gasteiger partial charge in [0.05, 0.1) is 13.1 Å². The van der Waals surface area contributed by atoms with Crippen molar-refractivity contribution in [2.45, 2.75) is 13.0 Å². The minimum Gasteiger partial charge on any atom is -0.289 e. The van der Waals surface area contributed by atoms with Crippen LogP contribution >= 0.6 is 0 Å². The van der Waals surface area contributed by atoms with Gasteiger partial charge < -0.3 is 0 Å². The molecule has 76 valence electrons. The monoisotopic (exact) mass is 196 g/mol. The molecule has 0 radical (unpaired) electrons. The van der Waals surface area contributed by atoms with E-state index in [1.54, 1.807) is 10.8 Å². The van der Waals surface area contributed by atoms with Crippen LogP contribution in [0.4, 0.5) is 4.39 Å². The van der Waals surface area contributed by atoms with E-state index < -0.39 is 0 Å². The fourth-order valence-electron chi connectivity index (χ4n) is 1.56. The molecule has 0 unspecified atom stereocenters. The first-order valence-electron chi connectivity index (χ1n) is 4.65. The molecule has 0 N–H and O–H groups in total. The Labute approximate surface area is 82.0 Å². The maximum atomic E-state index is 12.9. The van der Waals surface area contributed by atoms with Gasteiger partial charge in [-0.15, -0.1) is 0 Å². The van der Waals surface area contributed by atoms with Crippen LogP contribution in [-0.4, -0.2) is 32.8 Å². The lowest BCUT2D eigenvalue weighted by molar-refractivity contribution is 0.250. The van der Waals surface area contributed by atoms with E-state index in [1.807, 2.05) is 11.9 Å². The van der Waals surface area contributed by atoms with Gasteiger partial charge in [0.1, 0.15) is 18.0 Å². The van der Waals surface area contributed by atoms with Crippen LogP contribution in [0.2, 0.25) is 0 Å². The number of aromatic nitrogens is 3. The van der Waals surface area contributed by atoms with E-state index in [-0.39, 0.29) is 5.83 Å². The van der Waals surface area contributed by atoms with E-state index in [0.717, 1.165) is 18.8 Å². The van der Waals surface area contributed by atoms with Gasteiger partial charge in [-0.3, -0.25) is 9.58 Å². The van der Waals surface area contributed by atoms with Crippen molar-refractivity contribution in [1.29, 1.82) is 0 Å². The summed E-state index contributed by atoms with van der Waals surface area (Å²) in [6, 6.07) is 0. The molecule has 4 nitrogen and oxygen atoms in total. The van der Waals surface area contributed by atoms with E-state index in [4.69, 9.17) is 0 Å². The number of hydrogen-bond donors (Lipinski definition) is 0. The Bertz CT molecular complexity index is 344. The summed E-state index contributed by atoms with van der Waals surface area (Å²) in [4.78, 5) is 6.13. The lowest BCUT2D eigenvalue weighted by atomic mass is 10.2. The molecule has 0 spiro atoms. The lowest BCUT2D eigenvalue weighted by Gasteiger charge is -2.23. The fraction of sp³-hybridized carbons (Fsp3) is 0.556. The number of hydrogen-bond acceptors (Lipinski definition) is 3. The van der Waals surface area contributed by atoms with Crippen LogP contribution in [0.5, 0.6) is 0 Å². The van der Waals surface area contributed by atoms with Crippen LogP contribution < -0.4 is 0 Å². The quantitative estimate of drug-likeness (QED) is 0.704. The van der Waals surface area contributed by atoms with Gasteiger partial charge in [-0.25, -0.2) is 9.37 Å². The third kappa shape index (κ3) is 1.98. The summed E-state index contributed by atoms with van der Waals surface area (Å²) in [6.45, 7) is 1.95. The Hall–Kier alpha value is -1.23. The first-order valence-corrected chi connectivity index (χ1v) is 4.65. The van der Waals surface area contributed by atoms with E-state index in [0.29, 0.717) is 13.1 Å². The molecular weight excluding hydrogens is 183 g/mol. The summed E-state index contributed by atoms with van der Waals surface area (Å²) in [5.74, 6) is 0.832. The number of rotatable bonds is 2. The van der Waals surface area contributed by atoms with Crippen molar-refractivity contribution in [2.24, 2.45) is 7.05 Å². The molecule has 0 saturated carbocycles. The molecule has 14 heavy (non-hydrogen) atoms. The van der Waals surface area contributed by atoms with E-state index >= 15 is 0 Å². The molecule has 0 fully saturated rings. The second-order valence-electron chi connectivity index (χ2n) is 3.45. The standard InChI is InChI=1S/C9H13FN4/c1-13-9(11-7-12-13)6-14-4-2-3-8(10)5-14/h3,7H,2,4-6H2,1H3. The highest BCUT2D eigenvalue weighted by Crippen LogP contribution is 2.12. The van der Waals surface area contributed by atoms with Gasteiger partial charge in [-0.1, -0.05) is 6.08 Å². The summed E-state index contributed by atoms with van der Waals surface area (Å²) in [6.07, 6.45) is 3.95. The Kier molecular flexibility index (Phi) is 2.58. The molecule has 5 heteroatoms. The van der Waals surface area contributed by atoms with Gasteiger partial charge >= 0.3 is 0 Å². The maximum Gasteiger partial charge on any atom is 0.140 e. The van der Waals surface area contributed by atoms with E-state index in [9.17, 15) is 4.39 Å². The second-order valence-corrected chi connectivity index (χ2v) is 3.45. The van der Waals surface area contributed by atoms with Crippen molar-refractivity contribution in [3.05, 3.63) is 24.1 Å². The second kappa shape index (κ2) is 3.88. The summed E-state index contributed by atoms with van der Waals surface area (Å²) in [5, 5.41) is 3.97. The number of aryl methyl sites for hydroxylation is 1. The molecule has 1 aliphatic rings. The van der Waals surface area contributed by atoms with Gasteiger partial charge in [-0.05, 0) is 6.42 Å². The van der Waals surface area contributed by atoms with Crippen LogP contribution in [0.1, 0.15) is 12.2 Å². The summed E-state index contributed by atoms with van der Waals surface area (Å²) in [5.41, 5.74) is 0. The lowest BCUT2D eigenvalue weighted by Crippen LogP contribution is -2.29. The number of halogens is 1. The van der Waals surface area contributed by atoms with Gasteiger partial charge in [-0.2, -0.15) is 5.10 Å². The molecule has 2 heterocycles. The van der Waals surface area contributed by atoms with Gasteiger partial charge in [0.2, 0.25) is 0 Å². The average Bonchev–Trinajstić information content (AvgIpc) is 2.52. The van der Waals surface area contributed by atoms with Crippen molar-refractivity contribution < 1.29 is 4.39 Å². The highest BCUT2D eigenvalue weighted by molar-refractivity contribution is 5.00. The predicted molar refractivity (Wildman–Crippen MR) is 50.1 cm³/mol. The smallest absolute Gasteiger partial charge is 0.140 e. The molecular formula is C9H13FN4. The summed E-state index contributed by atoms with van der Waals surface area (Å²) in [7, 11) is 1.85. The number of nitrogens with zero attached hydrogens (tertiary/aromatic N) is 4. The normalized spacial score (nSPS) is 18.3. The average molecular weight is 196 g/mol. The molecule has 0 atom stereocenters. The molecule has 1 aromatic rings. The van der Waals surface area contributed by atoms with Crippen molar-refractivity contribution in [1.82, 2.24) is 19.7 Å². The van der Waals surface area contributed by atoms with E-state index in [1.165, 1.54) is 6.33 Å². The zero-order chi connectivity index (χ0) is 9.97. The molecule has 0 amide bonds. The van der Waals surface area contributed by atoms with Crippen molar-refractivity contribution >= 4 is 0 Å². The largest absolute Gasteiger partial charge is 0.289 e. The highest BCUT2D eigenvalue weighted by Gasteiger charge is 2.14. The molecule has 1 aliphatic heterocycles. The van der Waals surface area contributed by atoms with Gasteiger partial charge in [0.25, 0.3) is 0 Å². The van der Waals surface area contributed by atoms with Crippen molar-refractivity contribution in [3.8, 4) is 0 Å². The van der Waals surface area contributed by atoms with Crippen LogP contribution in [0.15, 0.2) is 18.2 Å². The zero-order valence-corrected chi connectivity index (χ0v) is 8.15. The third-order valence-electron chi connectivity index (χ3n) is 2.36. The molecule has 0 saturated heterocycles. The molecule has 0 aliphatic carbocycles. The Morgan fingerprint density at radius 3 is 3.07 bits per heavy atom. The first-order chi connectivity index (χ1) is 6.75. The Balaban J connectivity index is 1.99. The topological polar surface area (TPSA) is 34.0 Å². The predicted octanol–water partition coefficient (Wildman–Crippen LogP) is 0.874. The molecule has 1 aromatic heterocycles. The van der Waals surface area contributed by atoms with Crippen LogP contribution in [-0.2, 0) is 13.6 Å².